The number of aliphatic hydroxyl groups excluding tert-OH is 1. The number of amides is 3. The molecule has 3 aliphatic heterocycles. The van der Waals surface area contributed by atoms with Gasteiger partial charge in [0.2, 0.25) is 11.8 Å². The zero-order valence-electron chi connectivity index (χ0n) is 28.5. The molecule has 3 unspecified atom stereocenters. The average molecular weight is 738 g/mol. The van der Waals surface area contributed by atoms with Gasteiger partial charge in [0.25, 0.3) is 5.91 Å². The van der Waals surface area contributed by atoms with Crippen molar-refractivity contribution >= 4 is 62.5 Å². The van der Waals surface area contributed by atoms with Crippen molar-refractivity contribution < 1.29 is 19.5 Å². The minimum Gasteiger partial charge on any atom is -0.394 e. The zero-order valence-corrected chi connectivity index (χ0v) is 30.9. The first-order chi connectivity index (χ1) is 23.1. The Morgan fingerprint density at radius 2 is 1.54 bits per heavy atom. The number of carbonyl (C=O) groups is 3. The molecule has 3 heterocycles. The number of hydrogen-bond donors (Lipinski definition) is 1. The molecular formula is C38H49BrN4O4S. The van der Waals surface area contributed by atoms with E-state index in [1.54, 1.807) is 38.6 Å². The average Bonchev–Trinajstić information content (AvgIpc) is 3.68. The highest BCUT2D eigenvalue weighted by molar-refractivity contribution is 9.09. The van der Waals surface area contributed by atoms with Crippen LogP contribution in [0.2, 0.25) is 0 Å². The number of hydrogen-bond acceptors (Lipinski definition) is 6. The molecule has 0 radical (unpaired) electrons. The van der Waals surface area contributed by atoms with Crippen molar-refractivity contribution in [2.45, 2.75) is 67.4 Å². The molecule has 0 aliphatic carbocycles. The maximum atomic E-state index is 15.2. The first kappa shape index (κ1) is 36.2. The van der Waals surface area contributed by atoms with Gasteiger partial charge in [0.05, 0.1) is 29.2 Å². The van der Waals surface area contributed by atoms with E-state index >= 15 is 4.79 Å². The lowest BCUT2D eigenvalue weighted by atomic mass is 9.70. The summed E-state index contributed by atoms with van der Waals surface area (Å²) in [4.78, 5) is 52.0. The number of thioether (sulfide) groups is 1. The zero-order chi connectivity index (χ0) is 34.7. The van der Waals surface area contributed by atoms with Crippen LogP contribution < -0.4 is 14.7 Å². The lowest BCUT2D eigenvalue weighted by molar-refractivity contribution is -0.142. The van der Waals surface area contributed by atoms with E-state index in [0.717, 1.165) is 24.5 Å². The molecule has 7 atom stereocenters. The number of benzene rings is 2. The fraction of sp³-hybridized carbons (Fsp3) is 0.500. The van der Waals surface area contributed by atoms with Crippen LogP contribution in [0.15, 0.2) is 79.9 Å². The number of para-hydroxylation sites is 1. The number of halogens is 1. The summed E-state index contributed by atoms with van der Waals surface area (Å²) in [5.41, 5.74) is 2.53. The molecule has 2 aromatic carbocycles. The number of rotatable bonds is 15. The molecule has 258 valence electrons. The Morgan fingerprint density at radius 1 is 0.979 bits per heavy atom. The van der Waals surface area contributed by atoms with Crippen molar-refractivity contribution in [2.24, 2.45) is 17.8 Å². The molecule has 0 saturated carbocycles. The lowest BCUT2D eigenvalue weighted by Crippen LogP contribution is -2.58. The van der Waals surface area contributed by atoms with E-state index in [9.17, 15) is 14.7 Å². The van der Waals surface area contributed by atoms with Crippen LogP contribution in [0.25, 0.3) is 0 Å². The van der Waals surface area contributed by atoms with Gasteiger partial charge >= 0.3 is 0 Å². The second-order valence-corrected chi connectivity index (χ2v) is 16.1. The molecule has 3 fully saturated rings. The molecule has 1 spiro atoms. The monoisotopic (exact) mass is 736 g/mol. The second kappa shape index (κ2) is 15.2. The Morgan fingerprint density at radius 3 is 2.08 bits per heavy atom. The Kier molecular flexibility index (Phi) is 11.5. The van der Waals surface area contributed by atoms with E-state index in [2.05, 4.69) is 61.7 Å². The molecule has 8 nitrogen and oxygen atoms in total. The largest absolute Gasteiger partial charge is 0.394 e. The minimum absolute atomic E-state index is 0.0732. The Balaban J connectivity index is 1.61. The van der Waals surface area contributed by atoms with Crippen molar-refractivity contribution in [3.63, 3.8) is 0 Å². The van der Waals surface area contributed by atoms with Crippen LogP contribution in [0.4, 0.5) is 17.1 Å². The van der Waals surface area contributed by atoms with Crippen LogP contribution >= 0.6 is 27.7 Å². The highest BCUT2D eigenvalue weighted by atomic mass is 79.9. The van der Waals surface area contributed by atoms with Gasteiger partial charge in [-0.1, -0.05) is 60.1 Å². The predicted molar refractivity (Wildman–Crippen MR) is 201 cm³/mol. The number of anilines is 3. The Hall–Kier alpha value is -3.08. The number of carbonyl (C=O) groups excluding carboxylic acids is 3. The van der Waals surface area contributed by atoms with Crippen LogP contribution in [-0.2, 0) is 14.4 Å². The molecule has 2 aromatic rings. The maximum absolute atomic E-state index is 15.2. The van der Waals surface area contributed by atoms with E-state index in [1.807, 2.05) is 54.6 Å². The van der Waals surface area contributed by atoms with E-state index in [-0.39, 0.29) is 46.9 Å². The normalized spacial score (nSPS) is 26.4. The van der Waals surface area contributed by atoms with Gasteiger partial charge in [-0.3, -0.25) is 14.4 Å². The Bertz CT molecular complexity index is 1490. The highest BCUT2D eigenvalue weighted by Crippen LogP contribution is 2.68. The molecule has 48 heavy (non-hydrogen) atoms. The fourth-order valence-electron chi connectivity index (χ4n) is 8.11. The first-order valence-electron chi connectivity index (χ1n) is 17.1. The fourth-order valence-corrected chi connectivity index (χ4v) is 11.7. The number of fused-ring (bicyclic) bond motifs is 1. The van der Waals surface area contributed by atoms with Crippen LogP contribution in [0, 0.1) is 17.8 Å². The van der Waals surface area contributed by atoms with Crippen molar-refractivity contribution in [1.29, 1.82) is 0 Å². The van der Waals surface area contributed by atoms with E-state index in [1.165, 1.54) is 0 Å². The van der Waals surface area contributed by atoms with E-state index < -0.39 is 28.7 Å². The van der Waals surface area contributed by atoms with Gasteiger partial charge in [0, 0.05) is 53.3 Å². The van der Waals surface area contributed by atoms with Gasteiger partial charge in [0.15, 0.2) is 0 Å². The Labute approximate surface area is 298 Å². The van der Waals surface area contributed by atoms with Crippen LogP contribution in [0.5, 0.6) is 0 Å². The van der Waals surface area contributed by atoms with E-state index in [4.69, 9.17) is 0 Å². The molecule has 5 rings (SSSR count). The van der Waals surface area contributed by atoms with Gasteiger partial charge in [-0.05, 0) is 69.0 Å². The van der Waals surface area contributed by atoms with Gasteiger partial charge in [0.1, 0.15) is 6.04 Å². The third-order valence-corrected chi connectivity index (χ3v) is 13.3. The summed E-state index contributed by atoms with van der Waals surface area (Å²) in [7, 11) is 0. The standard InChI is InChI=1S/C38H49BrN4O4S/c1-7-20-41(27-14-12-11-13-15-27)35(45)31-32-36(46)43(29(24-44)22-25(5)6)34(38(32)23-30(39)33(31)48-38)37(47)42(21-8-2)28-18-16-26(17-19-28)40(9-3)10-4/h7-8,11-19,25,29-34,44H,1-2,9-10,20-24H2,3-6H3/t29-,30?,31+,32+,33+,34?,38?/m1/s1. The van der Waals surface area contributed by atoms with Crippen LogP contribution in [0.3, 0.4) is 0 Å². The summed E-state index contributed by atoms with van der Waals surface area (Å²) < 4.78 is -0.852. The topological polar surface area (TPSA) is 84.4 Å². The summed E-state index contributed by atoms with van der Waals surface area (Å²) in [5.74, 6) is -1.77. The van der Waals surface area contributed by atoms with Crippen molar-refractivity contribution in [3.8, 4) is 0 Å². The predicted octanol–water partition coefficient (Wildman–Crippen LogP) is 6.14. The maximum Gasteiger partial charge on any atom is 0.251 e. The van der Waals surface area contributed by atoms with Crippen molar-refractivity contribution in [1.82, 2.24) is 4.90 Å². The third-order valence-electron chi connectivity index (χ3n) is 10.1. The van der Waals surface area contributed by atoms with Crippen molar-refractivity contribution in [3.05, 3.63) is 79.9 Å². The SMILES string of the molecule is C=CCN(C(=O)C1N([C@@H](CO)CC(C)C)C(=O)[C@@H]2[C@H](C(=O)N(CC=C)c3ccccc3)[C@H]3SC12CC3Br)c1ccc(N(CC)CC)cc1. The second-order valence-electron chi connectivity index (χ2n) is 13.4. The van der Waals surface area contributed by atoms with Gasteiger partial charge in [-0.2, -0.15) is 0 Å². The molecule has 3 saturated heterocycles. The number of aliphatic hydroxyl groups is 1. The number of nitrogens with zero attached hydrogens (tertiary/aromatic N) is 4. The highest BCUT2D eigenvalue weighted by Gasteiger charge is 2.76. The molecule has 3 amide bonds. The summed E-state index contributed by atoms with van der Waals surface area (Å²) in [6.45, 7) is 18.2. The lowest BCUT2D eigenvalue weighted by Gasteiger charge is -2.40. The summed E-state index contributed by atoms with van der Waals surface area (Å²) in [6, 6.07) is 16.0. The smallest absolute Gasteiger partial charge is 0.251 e. The van der Waals surface area contributed by atoms with Crippen LogP contribution in [-0.4, -0.2) is 87.4 Å². The van der Waals surface area contributed by atoms with Crippen molar-refractivity contribution in [2.75, 3.05) is 47.5 Å². The minimum atomic E-state index is -0.870. The molecule has 1 N–H and O–H groups in total. The third kappa shape index (κ3) is 6.36. The van der Waals surface area contributed by atoms with Gasteiger partial charge < -0.3 is 24.7 Å². The molecule has 10 heteroatoms. The summed E-state index contributed by atoms with van der Waals surface area (Å²) in [6.07, 6.45) is 4.50. The van der Waals surface area contributed by atoms with Gasteiger partial charge in [-0.15, -0.1) is 24.9 Å². The molecule has 0 aromatic heterocycles. The van der Waals surface area contributed by atoms with E-state index in [0.29, 0.717) is 25.1 Å². The number of alkyl halides is 1. The first-order valence-corrected chi connectivity index (χ1v) is 18.9. The summed E-state index contributed by atoms with van der Waals surface area (Å²) >= 11 is 5.52. The quantitative estimate of drug-likeness (QED) is 0.175. The van der Waals surface area contributed by atoms with Crippen LogP contribution in [0.1, 0.15) is 40.5 Å². The van der Waals surface area contributed by atoms with Gasteiger partial charge in [-0.25, -0.2) is 0 Å². The number of likely N-dealkylation sites (tertiary alicyclic amines) is 1. The summed E-state index contributed by atoms with van der Waals surface area (Å²) in [5, 5.41) is 10.6. The molecule has 2 bridgehead atoms. The molecule has 3 aliphatic rings. The molecular weight excluding hydrogens is 688 g/mol.